The minimum atomic E-state index is -0.332. The number of aryl methyl sites for hydroxylation is 1. The molecular formula is C19H28Cl2N6O3. The number of aromatic nitrogens is 2. The minimum Gasteiger partial charge on any atom is -0.346 e. The molecule has 0 radical (unpaired) electrons. The van der Waals surface area contributed by atoms with Crippen LogP contribution in [0.2, 0.25) is 0 Å². The summed E-state index contributed by atoms with van der Waals surface area (Å²) in [5.74, 6) is 0.701. The number of carbonyl (C=O) groups is 2. The first-order valence-electron chi connectivity index (χ1n) is 9.37. The largest absolute Gasteiger partial charge is 0.346 e. The van der Waals surface area contributed by atoms with E-state index >= 15 is 0 Å². The first-order chi connectivity index (χ1) is 13.5. The summed E-state index contributed by atoms with van der Waals surface area (Å²) in [6, 6.07) is 7.94. The van der Waals surface area contributed by atoms with Gasteiger partial charge in [-0.25, -0.2) is 0 Å². The second-order valence-corrected chi connectivity index (χ2v) is 6.90. The highest BCUT2D eigenvalue weighted by Crippen LogP contribution is 2.23. The summed E-state index contributed by atoms with van der Waals surface area (Å²) >= 11 is 0. The lowest BCUT2D eigenvalue weighted by Crippen LogP contribution is -2.51. The molecule has 0 bridgehead atoms. The monoisotopic (exact) mass is 458 g/mol. The van der Waals surface area contributed by atoms with Crippen molar-refractivity contribution in [2.24, 2.45) is 5.73 Å². The lowest BCUT2D eigenvalue weighted by molar-refractivity contribution is -0.134. The number of hydrogen-bond donors (Lipinski definition) is 2. The van der Waals surface area contributed by atoms with Gasteiger partial charge in [0.25, 0.3) is 0 Å². The van der Waals surface area contributed by atoms with E-state index in [1.54, 1.807) is 4.90 Å². The molecule has 1 saturated heterocycles. The molecule has 1 aromatic heterocycles. The topological polar surface area (TPSA) is 118 Å². The highest BCUT2D eigenvalue weighted by molar-refractivity contribution is 5.86. The van der Waals surface area contributed by atoms with Gasteiger partial charge in [0, 0.05) is 31.7 Å². The van der Waals surface area contributed by atoms with Gasteiger partial charge in [0.15, 0.2) is 0 Å². The predicted octanol–water partition coefficient (Wildman–Crippen LogP) is 1.17. The van der Waals surface area contributed by atoms with Crippen molar-refractivity contribution in [3.8, 4) is 11.4 Å². The molecule has 1 fully saturated rings. The first kappa shape index (κ1) is 25.8. The number of benzene rings is 1. The van der Waals surface area contributed by atoms with Crippen molar-refractivity contribution in [3.05, 3.63) is 35.7 Å². The van der Waals surface area contributed by atoms with Crippen LogP contribution in [0.15, 0.2) is 28.8 Å². The molecule has 2 heterocycles. The van der Waals surface area contributed by atoms with Crippen LogP contribution in [0.5, 0.6) is 0 Å². The van der Waals surface area contributed by atoms with Gasteiger partial charge in [-0.1, -0.05) is 35.0 Å². The second-order valence-electron chi connectivity index (χ2n) is 6.90. The molecule has 0 spiro atoms. The van der Waals surface area contributed by atoms with E-state index in [9.17, 15) is 9.59 Å². The molecule has 11 heteroatoms. The number of nitrogens with two attached hydrogens (primary N) is 1. The van der Waals surface area contributed by atoms with Crippen LogP contribution < -0.4 is 11.1 Å². The maximum Gasteiger partial charge on any atom is 0.244 e. The lowest BCUT2D eigenvalue weighted by Gasteiger charge is -2.36. The molecule has 1 aliphatic heterocycles. The molecule has 1 atom stereocenters. The zero-order valence-electron chi connectivity index (χ0n) is 17.0. The van der Waals surface area contributed by atoms with E-state index in [1.165, 1.54) is 5.56 Å². The van der Waals surface area contributed by atoms with Crippen LogP contribution in [0.25, 0.3) is 11.4 Å². The Bertz CT molecular complexity index is 822. The number of piperazine rings is 1. The number of halogens is 2. The van der Waals surface area contributed by atoms with Crippen molar-refractivity contribution in [1.82, 2.24) is 25.3 Å². The lowest BCUT2D eigenvalue weighted by atomic mass is 10.1. The molecule has 1 aliphatic rings. The van der Waals surface area contributed by atoms with E-state index < -0.39 is 0 Å². The Kier molecular flexibility index (Phi) is 10.2. The van der Waals surface area contributed by atoms with Crippen LogP contribution in [-0.4, -0.2) is 71.0 Å². The van der Waals surface area contributed by atoms with Crippen LogP contribution in [0.1, 0.15) is 24.4 Å². The van der Waals surface area contributed by atoms with Gasteiger partial charge in [0.1, 0.15) is 0 Å². The van der Waals surface area contributed by atoms with Gasteiger partial charge in [0.2, 0.25) is 23.5 Å². The van der Waals surface area contributed by atoms with E-state index in [2.05, 4.69) is 20.4 Å². The average molecular weight is 459 g/mol. The molecule has 166 valence electrons. The Labute approximate surface area is 188 Å². The van der Waals surface area contributed by atoms with Crippen molar-refractivity contribution >= 4 is 36.6 Å². The van der Waals surface area contributed by atoms with Crippen molar-refractivity contribution in [2.75, 3.05) is 39.3 Å². The molecule has 2 amide bonds. The molecule has 9 nitrogen and oxygen atoms in total. The number of nitrogens with zero attached hydrogens (tertiary/aromatic N) is 4. The van der Waals surface area contributed by atoms with Gasteiger partial charge < -0.3 is 20.5 Å². The Morgan fingerprint density at radius 2 is 1.80 bits per heavy atom. The maximum atomic E-state index is 12.2. The van der Waals surface area contributed by atoms with Crippen LogP contribution >= 0.6 is 24.8 Å². The van der Waals surface area contributed by atoms with Crippen molar-refractivity contribution in [1.29, 1.82) is 0 Å². The molecule has 3 N–H and O–H groups in total. The van der Waals surface area contributed by atoms with Crippen LogP contribution in [-0.2, 0) is 9.59 Å². The molecule has 1 unspecified atom stereocenters. The number of carbonyl (C=O) groups excluding carboxylic acids is 2. The fourth-order valence-corrected chi connectivity index (χ4v) is 3.10. The summed E-state index contributed by atoms with van der Waals surface area (Å²) in [6.07, 6.45) is 0. The number of hydrogen-bond acceptors (Lipinski definition) is 7. The van der Waals surface area contributed by atoms with E-state index in [-0.39, 0.29) is 55.8 Å². The zero-order chi connectivity index (χ0) is 20.1. The van der Waals surface area contributed by atoms with Crippen molar-refractivity contribution < 1.29 is 14.1 Å². The fourth-order valence-electron chi connectivity index (χ4n) is 3.10. The third-order valence-corrected chi connectivity index (χ3v) is 4.95. The predicted molar refractivity (Wildman–Crippen MR) is 118 cm³/mol. The van der Waals surface area contributed by atoms with E-state index in [0.717, 1.165) is 5.56 Å². The Hall–Kier alpha value is -2.20. The van der Waals surface area contributed by atoms with Gasteiger partial charge in [-0.15, -0.1) is 24.8 Å². The average Bonchev–Trinajstić information content (AvgIpc) is 3.22. The van der Waals surface area contributed by atoms with E-state index in [0.29, 0.717) is 37.9 Å². The molecular weight excluding hydrogens is 431 g/mol. The third kappa shape index (κ3) is 6.40. The van der Waals surface area contributed by atoms with Crippen molar-refractivity contribution in [2.45, 2.75) is 19.9 Å². The highest BCUT2D eigenvalue weighted by Gasteiger charge is 2.27. The number of nitrogens with one attached hydrogen (secondary N) is 1. The normalized spacial score (nSPS) is 15.0. The Morgan fingerprint density at radius 3 is 2.40 bits per heavy atom. The van der Waals surface area contributed by atoms with Crippen LogP contribution in [0.3, 0.4) is 0 Å². The summed E-state index contributed by atoms with van der Waals surface area (Å²) in [5, 5.41) is 6.61. The fraction of sp³-hybridized carbons (Fsp3) is 0.474. The molecule has 30 heavy (non-hydrogen) atoms. The van der Waals surface area contributed by atoms with E-state index in [4.69, 9.17) is 10.3 Å². The quantitative estimate of drug-likeness (QED) is 0.666. The number of amides is 2. The smallest absolute Gasteiger partial charge is 0.244 e. The Morgan fingerprint density at radius 1 is 1.17 bits per heavy atom. The molecule has 1 aromatic carbocycles. The summed E-state index contributed by atoms with van der Waals surface area (Å²) in [7, 11) is 0. The first-order valence-corrected chi connectivity index (χ1v) is 9.37. The molecule has 2 aromatic rings. The maximum absolute atomic E-state index is 12.2. The van der Waals surface area contributed by atoms with Gasteiger partial charge in [-0.2, -0.15) is 4.98 Å². The summed E-state index contributed by atoms with van der Waals surface area (Å²) in [4.78, 5) is 31.8. The van der Waals surface area contributed by atoms with Gasteiger partial charge in [-0.05, 0) is 13.8 Å². The van der Waals surface area contributed by atoms with Gasteiger partial charge in [-0.3, -0.25) is 14.5 Å². The van der Waals surface area contributed by atoms with E-state index in [1.807, 2.05) is 38.1 Å². The zero-order valence-corrected chi connectivity index (χ0v) is 18.7. The molecule has 0 aliphatic carbocycles. The molecule has 3 rings (SSSR count). The highest BCUT2D eigenvalue weighted by atomic mass is 35.5. The van der Waals surface area contributed by atoms with Gasteiger partial charge in [0.05, 0.1) is 19.1 Å². The second kappa shape index (κ2) is 11.8. The summed E-state index contributed by atoms with van der Waals surface area (Å²) < 4.78 is 5.47. The SMILES string of the molecule is Cc1ccc(-c2noc(C(C)N3CCN(C(=O)CNC(=O)CN)CC3)n2)cc1.Cl.Cl. The summed E-state index contributed by atoms with van der Waals surface area (Å²) in [5.41, 5.74) is 7.32. The van der Waals surface area contributed by atoms with Crippen LogP contribution in [0, 0.1) is 6.92 Å². The molecule has 0 saturated carbocycles. The van der Waals surface area contributed by atoms with Crippen LogP contribution in [0.4, 0.5) is 0 Å². The number of rotatable bonds is 6. The third-order valence-electron chi connectivity index (χ3n) is 4.95. The Balaban J connectivity index is 0.00000225. The minimum absolute atomic E-state index is 0. The van der Waals surface area contributed by atoms with Crippen molar-refractivity contribution in [3.63, 3.8) is 0 Å². The standard InChI is InChI=1S/C19H26N6O3.2ClH/c1-13-3-5-15(6-4-13)18-22-19(28-23-18)14(2)24-7-9-25(10-8-24)17(27)12-21-16(26)11-20;;/h3-6,14H,7-12,20H2,1-2H3,(H,21,26);2*1H. The van der Waals surface area contributed by atoms with Gasteiger partial charge >= 0.3 is 0 Å². The summed E-state index contributed by atoms with van der Waals surface area (Å²) in [6.45, 7) is 6.47.